The third-order valence-electron chi connectivity index (χ3n) is 1.97. The van der Waals surface area contributed by atoms with Crippen LogP contribution in [0.1, 0.15) is 16.2 Å². The van der Waals surface area contributed by atoms with Crippen molar-refractivity contribution in [1.29, 1.82) is 0 Å². The summed E-state index contributed by atoms with van der Waals surface area (Å²) in [6.45, 7) is 1.68. The van der Waals surface area contributed by atoms with E-state index in [2.05, 4.69) is 20.4 Å². The first kappa shape index (κ1) is 12.3. The number of halogens is 1. The average molecular weight is 269 g/mol. The molecule has 1 amide bonds. The van der Waals surface area contributed by atoms with Gasteiger partial charge in [0.2, 0.25) is 11.8 Å². The second-order valence-electron chi connectivity index (χ2n) is 3.33. The van der Waals surface area contributed by atoms with Gasteiger partial charge >= 0.3 is 0 Å². The van der Waals surface area contributed by atoms with Gasteiger partial charge in [-0.05, 0) is 6.92 Å². The number of rotatable bonds is 3. The largest absolute Gasteiger partial charge is 0.481 e. The fraction of sp³-hybridized carbons (Fsp3) is 0.200. The number of nitrogens with zero attached hydrogens (tertiary/aromatic N) is 3. The molecular weight excluding hydrogens is 260 g/mol. The number of hydrogen-bond acceptors (Lipinski definition) is 6. The molecule has 0 aromatic carbocycles. The van der Waals surface area contributed by atoms with E-state index in [1.165, 1.54) is 19.2 Å². The number of methoxy groups -OCH3 is 1. The summed E-state index contributed by atoms with van der Waals surface area (Å²) in [4.78, 5) is 19.5. The zero-order valence-electron chi connectivity index (χ0n) is 9.60. The van der Waals surface area contributed by atoms with E-state index in [-0.39, 0.29) is 22.7 Å². The van der Waals surface area contributed by atoms with Crippen LogP contribution in [0.15, 0.2) is 16.7 Å². The number of anilines is 1. The Hall–Kier alpha value is -2.15. The number of aromatic nitrogens is 3. The Bertz CT molecular complexity index is 584. The summed E-state index contributed by atoms with van der Waals surface area (Å²) in [7, 11) is 1.44. The molecule has 2 rings (SSSR count). The SMILES string of the molecule is COc1cc(Cl)nc(NC(=O)c2cc(C)on2)n1. The van der Waals surface area contributed by atoms with E-state index < -0.39 is 5.91 Å². The Labute approximate surface area is 107 Å². The number of nitrogens with one attached hydrogen (secondary N) is 1. The van der Waals surface area contributed by atoms with E-state index in [0.717, 1.165) is 0 Å². The van der Waals surface area contributed by atoms with Gasteiger partial charge in [0.15, 0.2) is 5.69 Å². The summed E-state index contributed by atoms with van der Waals surface area (Å²) in [5.41, 5.74) is 0.134. The Morgan fingerprint density at radius 3 is 2.83 bits per heavy atom. The van der Waals surface area contributed by atoms with Crippen LogP contribution in [0.25, 0.3) is 0 Å². The third kappa shape index (κ3) is 2.75. The summed E-state index contributed by atoms with van der Waals surface area (Å²) in [5.74, 6) is 0.326. The van der Waals surface area contributed by atoms with Gasteiger partial charge in [-0.25, -0.2) is 4.98 Å². The molecule has 0 saturated heterocycles. The van der Waals surface area contributed by atoms with Gasteiger partial charge in [-0.2, -0.15) is 4.98 Å². The zero-order valence-corrected chi connectivity index (χ0v) is 10.4. The van der Waals surface area contributed by atoms with Crippen molar-refractivity contribution in [3.8, 4) is 5.88 Å². The predicted octanol–water partition coefficient (Wildman–Crippen LogP) is 1.69. The highest BCUT2D eigenvalue weighted by molar-refractivity contribution is 6.29. The van der Waals surface area contributed by atoms with Crippen LogP contribution in [0, 0.1) is 6.92 Å². The maximum atomic E-state index is 11.7. The highest BCUT2D eigenvalue weighted by atomic mass is 35.5. The first-order valence-electron chi connectivity index (χ1n) is 4.91. The number of carbonyl (C=O) groups excluding carboxylic acids is 1. The zero-order chi connectivity index (χ0) is 13.1. The van der Waals surface area contributed by atoms with Gasteiger partial charge in [0.1, 0.15) is 10.9 Å². The van der Waals surface area contributed by atoms with E-state index in [4.69, 9.17) is 20.9 Å². The number of aryl methyl sites for hydroxylation is 1. The Balaban J connectivity index is 2.18. The minimum absolute atomic E-state index is 0.0324. The second kappa shape index (κ2) is 5.01. The van der Waals surface area contributed by atoms with Crippen LogP contribution in [0.5, 0.6) is 5.88 Å². The number of amides is 1. The lowest BCUT2D eigenvalue weighted by Gasteiger charge is -2.04. The summed E-state index contributed by atoms with van der Waals surface area (Å²) in [6, 6.07) is 2.93. The Kier molecular flexibility index (Phi) is 3.42. The van der Waals surface area contributed by atoms with Gasteiger partial charge < -0.3 is 9.26 Å². The van der Waals surface area contributed by atoms with E-state index in [1.54, 1.807) is 6.92 Å². The van der Waals surface area contributed by atoms with Crippen molar-refractivity contribution >= 4 is 23.5 Å². The summed E-state index contributed by atoms with van der Waals surface area (Å²) >= 11 is 5.75. The van der Waals surface area contributed by atoms with Crippen LogP contribution in [-0.4, -0.2) is 28.1 Å². The molecule has 0 saturated carbocycles. The number of carbonyl (C=O) groups is 1. The molecular formula is C10H9ClN4O3. The number of hydrogen-bond donors (Lipinski definition) is 1. The van der Waals surface area contributed by atoms with Crippen LogP contribution in [0.4, 0.5) is 5.95 Å². The van der Waals surface area contributed by atoms with Crippen molar-refractivity contribution in [2.45, 2.75) is 6.92 Å². The smallest absolute Gasteiger partial charge is 0.280 e. The van der Waals surface area contributed by atoms with Crippen LogP contribution in [0.2, 0.25) is 5.15 Å². The molecule has 2 aromatic heterocycles. The molecule has 0 atom stereocenters. The monoisotopic (exact) mass is 268 g/mol. The maximum absolute atomic E-state index is 11.7. The van der Waals surface area contributed by atoms with Gasteiger partial charge in [-0.3, -0.25) is 10.1 Å². The molecule has 7 nitrogen and oxygen atoms in total. The molecule has 0 aliphatic carbocycles. The molecule has 0 bridgehead atoms. The van der Waals surface area contributed by atoms with Crippen molar-refractivity contribution in [2.24, 2.45) is 0 Å². The molecule has 8 heteroatoms. The molecule has 18 heavy (non-hydrogen) atoms. The highest BCUT2D eigenvalue weighted by Gasteiger charge is 2.13. The molecule has 94 valence electrons. The molecule has 0 radical (unpaired) electrons. The van der Waals surface area contributed by atoms with E-state index in [1.807, 2.05) is 0 Å². The van der Waals surface area contributed by atoms with Crippen molar-refractivity contribution in [3.63, 3.8) is 0 Å². The average Bonchev–Trinajstić information content (AvgIpc) is 2.75. The van der Waals surface area contributed by atoms with Crippen molar-refractivity contribution in [3.05, 3.63) is 28.7 Å². The lowest BCUT2D eigenvalue weighted by molar-refractivity contribution is 0.101. The summed E-state index contributed by atoms with van der Waals surface area (Å²) in [5, 5.41) is 6.17. The van der Waals surface area contributed by atoms with Crippen LogP contribution < -0.4 is 10.1 Å². The molecule has 0 spiro atoms. The molecule has 0 fully saturated rings. The Morgan fingerprint density at radius 2 is 2.22 bits per heavy atom. The van der Waals surface area contributed by atoms with E-state index in [0.29, 0.717) is 5.76 Å². The normalized spacial score (nSPS) is 10.2. The quantitative estimate of drug-likeness (QED) is 0.852. The maximum Gasteiger partial charge on any atom is 0.280 e. The molecule has 0 aliphatic rings. The summed E-state index contributed by atoms with van der Waals surface area (Å²) in [6.07, 6.45) is 0. The summed E-state index contributed by atoms with van der Waals surface area (Å²) < 4.78 is 9.70. The third-order valence-corrected chi connectivity index (χ3v) is 2.16. The van der Waals surface area contributed by atoms with Gasteiger partial charge in [-0.1, -0.05) is 16.8 Å². The second-order valence-corrected chi connectivity index (χ2v) is 3.72. The van der Waals surface area contributed by atoms with Gasteiger partial charge in [0, 0.05) is 12.1 Å². The molecule has 1 N–H and O–H groups in total. The van der Waals surface area contributed by atoms with Crippen LogP contribution in [0.3, 0.4) is 0 Å². The predicted molar refractivity (Wildman–Crippen MR) is 62.8 cm³/mol. The van der Waals surface area contributed by atoms with E-state index in [9.17, 15) is 4.79 Å². The van der Waals surface area contributed by atoms with E-state index >= 15 is 0 Å². The van der Waals surface area contributed by atoms with Crippen molar-refractivity contribution in [1.82, 2.24) is 15.1 Å². The van der Waals surface area contributed by atoms with Gasteiger partial charge in [-0.15, -0.1) is 0 Å². The van der Waals surface area contributed by atoms with Crippen molar-refractivity contribution < 1.29 is 14.1 Å². The molecule has 0 unspecified atom stereocenters. The lowest BCUT2D eigenvalue weighted by Crippen LogP contribution is -2.14. The van der Waals surface area contributed by atoms with Gasteiger partial charge in [0.25, 0.3) is 5.91 Å². The standard InChI is InChI=1S/C10H9ClN4O3/c1-5-3-6(15-18-5)9(16)14-10-12-7(11)4-8(13-10)17-2/h3-4H,1-2H3,(H,12,13,14,16). The number of ether oxygens (including phenoxy) is 1. The molecule has 0 aliphatic heterocycles. The molecule has 2 heterocycles. The van der Waals surface area contributed by atoms with Crippen LogP contribution >= 0.6 is 11.6 Å². The van der Waals surface area contributed by atoms with Crippen LogP contribution in [-0.2, 0) is 0 Å². The fourth-order valence-corrected chi connectivity index (χ4v) is 1.37. The lowest BCUT2D eigenvalue weighted by atomic mass is 10.3. The minimum Gasteiger partial charge on any atom is -0.481 e. The molecule has 2 aromatic rings. The first-order chi connectivity index (χ1) is 8.58. The minimum atomic E-state index is -0.490. The Morgan fingerprint density at radius 1 is 1.44 bits per heavy atom. The highest BCUT2D eigenvalue weighted by Crippen LogP contribution is 2.16. The topological polar surface area (TPSA) is 90.1 Å². The fourth-order valence-electron chi connectivity index (χ4n) is 1.20. The van der Waals surface area contributed by atoms with Crippen molar-refractivity contribution in [2.75, 3.05) is 12.4 Å². The van der Waals surface area contributed by atoms with Gasteiger partial charge in [0.05, 0.1) is 7.11 Å². The first-order valence-corrected chi connectivity index (χ1v) is 5.29.